The van der Waals surface area contributed by atoms with Crippen LogP contribution in [-0.2, 0) is 4.74 Å². The first-order chi connectivity index (χ1) is 8.22. The molecule has 0 bridgehead atoms. The summed E-state index contributed by atoms with van der Waals surface area (Å²) in [6.45, 7) is 8.68. The lowest BCUT2D eigenvalue weighted by atomic mass is 10.3. The maximum Gasteiger partial charge on any atom is 0.150 e. The van der Waals surface area contributed by atoms with Crippen molar-refractivity contribution in [3.63, 3.8) is 0 Å². The van der Waals surface area contributed by atoms with Gasteiger partial charge in [-0.1, -0.05) is 0 Å². The summed E-state index contributed by atoms with van der Waals surface area (Å²) in [4.78, 5) is 10.4. The predicted octanol–water partition coefficient (Wildman–Crippen LogP) is 1.52. The summed E-state index contributed by atoms with van der Waals surface area (Å²) in [5, 5.41) is 9.04. The van der Waals surface area contributed by atoms with Crippen molar-refractivity contribution in [1.82, 2.24) is 9.97 Å². The van der Waals surface area contributed by atoms with Gasteiger partial charge in [-0.15, -0.1) is 0 Å². The van der Waals surface area contributed by atoms with Crippen LogP contribution in [0.15, 0.2) is 6.20 Å². The SMILES string of the molecule is CCOCCN(CC)c1nc(C)ncc1C#N. The Morgan fingerprint density at radius 3 is 2.82 bits per heavy atom. The lowest BCUT2D eigenvalue weighted by Gasteiger charge is -2.22. The van der Waals surface area contributed by atoms with Crippen LogP contribution in [-0.4, -0.2) is 36.3 Å². The van der Waals surface area contributed by atoms with Crippen LogP contribution in [0, 0.1) is 18.3 Å². The van der Waals surface area contributed by atoms with E-state index in [9.17, 15) is 0 Å². The molecule has 0 aliphatic rings. The standard InChI is InChI=1S/C12H18N4O/c1-4-16(6-7-17-5-2)12-11(8-13)9-14-10(3)15-12/h9H,4-7H2,1-3H3. The predicted molar refractivity (Wildman–Crippen MR) is 65.9 cm³/mol. The molecule has 1 heterocycles. The molecule has 0 amide bonds. The molecule has 0 spiro atoms. The van der Waals surface area contributed by atoms with Crippen LogP contribution < -0.4 is 4.90 Å². The maximum atomic E-state index is 9.04. The van der Waals surface area contributed by atoms with Gasteiger partial charge in [0, 0.05) is 19.7 Å². The number of anilines is 1. The van der Waals surface area contributed by atoms with Crippen LogP contribution in [0.3, 0.4) is 0 Å². The minimum absolute atomic E-state index is 0.508. The summed E-state index contributed by atoms with van der Waals surface area (Å²) in [7, 11) is 0. The summed E-state index contributed by atoms with van der Waals surface area (Å²) in [5.41, 5.74) is 0.508. The molecule has 0 radical (unpaired) electrons. The van der Waals surface area contributed by atoms with Gasteiger partial charge in [0.05, 0.1) is 12.8 Å². The van der Waals surface area contributed by atoms with E-state index in [0.717, 1.165) is 13.1 Å². The lowest BCUT2D eigenvalue weighted by Crippen LogP contribution is -2.29. The molecule has 92 valence electrons. The fourth-order valence-corrected chi connectivity index (χ4v) is 1.51. The third-order valence-corrected chi connectivity index (χ3v) is 2.40. The number of aryl methyl sites for hydroxylation is 1. The van der Waals surface area contributed by atoms with Gasteiger partial charge in [-0.3, -0.25) is 0 Å². The van der Waals surface area contributed by atoms with Crippen molar-refractivity contribution in [3.8, 4) is 6.07 Å². The highest BCUT2D eigenvalue weighted by Crippen LogP contribution is 2.15. The Morgan fingerprint density at radius 1 is 1.47 bits per heavy atom. The van der Waals surface area contributed by atoms with Gasteiger partial charge in [0.15, 0.2) is 0 Å². The highest BCUT2D eigenvalue weighted by atomic mass is 16.5. The maximum absolute atomic E-state index is 9.04. The van der Waals surface area contributed by atoms with Crippen LogP contribution in [0.25, 0.3) is 0 Å². The fourth-order valence-electron chi connectivity index (χ4n) is 1.51. The van der Waals surface area contributed by atoms with E-state index >= 15 is 0 Å². The summed E-state index contributed by atoms with van der Waals surface area (Å²) < 4.78 is 5.32. The second-order valence-corrected chi connectivity index (χ2v) is 3.54. The number of nitriles is 1. The van der Waals surface area contributed by atoms with E-state index in [4.69, 9.17) is 10.00 Å². The Balaban J connectivity index is 2.86. The van der Waals surface area contributed by atoms with Crippen molar-refractivity contribution < 1.29 is 4.74 Å². The topological polar surface area (TPSA) is 62.0 Å². The second-order valence-electron chi connectivity index (χ2n) is 3.54. The molecule has 0 fully saturated rings. The summed E-state index contributed by atoms with van der Waals surface area (Å²) in [5.74, 6) is 1.37. The molecule has 0 atom stereocenters. The molecule has 0 aromatic carbocycles. The first kappa shape index (κ1) is 13.4. The van der Waals surface area contributed by atoms with Gasteiger partial charge in [-0.05, 0) is 20.8 Å². The average molecular weight is 234 g/mol. The van der Waals surface area contributed by atoms with Gasteiger partial charge < -0.3 is 9.64 Å². The van der Waals surface area contributed by atoms with Gasteiger partial charge in [0.25, 0.3) is 0 Å². The smallest absolute Gasteiger partial charge is 0.150 e. The Bertz CT molecular complexity index is 400. The van der Waals surface area contributed by atoms with Gasteiger partial charge in [-0.25, -0.2) is 9.97 Å². The zero-order valence-electron chi connectivity index (χ0n) is 10.6. The van der Waals surface area contributed by atoms with E-state index in [2.05, 4.69) is 16.0 Å². The Hall–Kier alpha value is -1.67. The van der Waals surface area contributed by atoms with Crippen LogP contribution in [0.2, 0.25) is 0 Å². The van der Waals surface area contributed by atoms with Gasteiger partial charge in [0.1, 0.15) is 23.3 Å². The van der Waals surface area contributed by atoms with Crippen molar-refractivity contribution in [2.45, 2.75) is 20.8 Å². The third kappa shape index (κ3) is 3.68. The molecule has 0 saturated carbocycles. The number of nitrogens with zero attached hydrogens (tertiary/aromatic N) is 4. The zero-order chi connectivity index (χ0) is 12.7. The van der Waals surface area contributed by atoms with Crippen molar-refractivity contribution in [1.29, 1.82) is 5.26 Å². The molecular formula is C12H18N4O. The number of hydrogen-bond donors (Lipinski definition) is 0. The molecule has 1 aromatic heterocycles. The normalized spacial score (nSPS) is 10.0. The largest absolute Gasteiger partial charge is 0.380 e. The molecular weight excluding hydrogens is 216 g/mol. The molecule has 0 saturated heterocycles. The van der Waals surface area contributed by atoms with E-state index in [-0.39, 0.29) is 0 Å². The molecule has 17 heavy (non-hydrogen) atoms. The molecule has 0 unspecified atom stereocenters. The highest BCUT2D eigenvalue weighted by Gasteiger charge is 2.12. The molecule has 5 nitrogen and oxygen atoms in total. The van der Waals surface area contributed by atoms with E-state index in [1.165, 1.54) is 0 Å². The van der Waals surface area contributed by atoms with Gasteiger partial charge >= 0.3 is 0 Å². The number of hydrogen-bond acceptors (Lipinski definition) is 5. The average Bonchev–Trinajstić information content (AvgIpc) is 2.35. The minimum Gasteiger partial charge on any atom is -0.380 e. The Labute approximate surface area is 102 Å². The van der Waals surface area contributed by atoms with E-state index in [0.29, 0.717) is 30.4 Å². The molecule has 1 rings (SSSR count). The van der Waals surface area contributed by atoms with Crippen molar-refractivity contribution in [2.24, 2.45) is 0 Å². The summed E-state index contributed by atoms with van der Waals surface area (Å²) >= 11 is 0. The summed E-state index contributed by atoms with van der Waals surface area (Å²) in [6, 6.07) is 2.12. The summed E-state index contributed by atoms with van der Waals surface area (Å²) in [6.07, 6.45) is 1.57. The number of likely N-dealkylation sites (N-methyl/N-ethyl adjacent to an activating group) is 1. The van der Waals surface area contributed by atoms with Crippen molar-refractivity contribution in [2.75, 3.05) is 31.2 Å². The van der Waals surface area contributed by atoms with Gasteiger partial charge in [-0.2, -0.15) is 5.26 Å². The lowest BCUT2D eigenvalue weighted by molar-refractivity contribution is 0.154. The number of aromatic nitrogens is 2. The highest BCUT2D eigenvalue weighted by molar-refractivity contribution is 5.52. The van der Waals surface area contributed by atoms with Crippen molar-refractivity contribution in [3.05, 3.63) is 17.6 Å². The Morgan fingerprint density at radius 2 is 2.24 bits per heavy atom. The molecule has 1 aromatic rings. The zero-order valence-corrected chi connectivity index (χ0v) is 10.6. The van der Waals surface area contributed by atoms with Crippen LogP contribution in [0.4, 0.5) is 5.82 Å². The number of ether oxygens (including phenoxy) is 1. The first-order valence-corrected chi connectivity index (χ1v) is 5.79. The van der Waals surface area contributed by atoms with E-state index < -0.39 is 0 Å². The molecule has 0 aliphatic carbocycles. The van der Waals surface area contributed by atoms with E-state index in [1.807, 2.05) is 25.7 Å². The van der Waals surface area contributed by atoms with Gasteiger partial charge in [0.2, 0.25) is 0 Å². The second kappa shape index (κ2) is 6.81. The quantitative estimate of drug-likeness (QED) is 0.698. The molecule has 5 heteroatoms. The monoisotopic (exact) mass is 234 g/mol. The van der Waals surface area contributed by atoms with E-state index in [1.54, 1.807) is 6.20 Å². The van der Waals surface area contributed by atoms with Crippen LogP contribution in [0.1, 0.15) is 25.2 Å². The van der Waals surface area contributed by atoms with Crippen molar-refractivity contribution >= 4 is 5.82 Å². The third-order valence-electron chi connectivity index (χ3n) is 2.40. The van der Waals surface area contributed by atoms with Crippen LogP contribution >= 0.6 is 0 Å². The Kier molecular flexibility index (Phi) is 5.37. The number of rotatable bonds is 6. The molecule has 0 N–H and O–H groups in total. The minimum atomic E-state index is 0.508. The fraction of sp³-hybridized carbons (Fsp3) is 0.583. The first-order valence-electron chi connectivity index (χ1n) is 5.79. The van der Waals surface area contributed by atoms with Crippen LogP contribution in [0.5, 0.6) is 0 Å². The molecule has 0 aliphatic heterocycles.